The van der Waals surface area contributed by atoms with Gasteiger partial charge in [-0.2, -0.15) is 0 Å². The number of hydrogen-bond donors (Lipinski definition) is 1. The number of hydrogen-bond acceptors (Lipinski definition) is 3. The van der Waals surface area contributed by atoms with Gasteiger partial charge >= 0.3 is 5.68 Å². The minimum Gasteiger partial charge on any atom is -0.431 e. The average Bonchev–Trinajstić information content (AvgIpc) is 2.67. The van der Waals surface area contributed by atoms with E-state index in [2.05, 4.69) is 5.10 Å². The summed E-state index contributed by atoms with van der Waals surface area (Å²) in [5, 5.41) is 3.50. The van der Waals surface area contributed by atoms with Crippen LogP contribution in [0, 0.1) is 0 Å². The fourth-order valence-corrected chi connectivity index (χ4v) is 1.15. The zero-order valence-electron chi connectivity index (χ0n) is 6.92. The standard InChI is InChI=1S/C9H9N3O/c10-11-9-12(6-7-13-9)8-4-2-1-3-5-8/h1-7H,10H2/b11-9-. The summed E-state index contributed by atoms with van der Waals surface area (Å²) in [5.41, 5.74) is 1.35. The number of nitrogens with zero attached hydrogens (tertiary/aromatic N) is 2. The molecule has 0 amide bonds. The first-order valence-corrected chi connectivity index (χ1v) is 3.87. The maximum absolute atomic E-state index is 5.14. The molecule has 0 aliphatic carbocycles. The first-order valence-electron chi connectivity index (χ1n) is 3.87. The number of para-hydroxylation sites is 1. The molecule has 0 bridgehead atoms. The van der Waals surface area contributed by atoms with Crippen molar-refractivity contribution in [3.8, 4) is 5.69 Å². The molecule has 2 aromatic rings. The summed E-state index contributed by atoms with van der Waals surface area (Å²) in [5.74, 6) is 5.14. The highest BCUT2D eigenvalue weighted by Crippen LogP contribution is 2.02. The molecule has 0 saturated carbocycles. The van der Waals surface area contributed by atoms with Crippen molar-refractivity contribution in [2.45, 2.75) is 0 Å². The third kappa shape index (κ3) is 1.33. The highest BCUT2D eigenvalue weighted by Gasteiger charge is 1.97. The maximum atomic E-state index is 5.14. The summed E-state index contributed by atoms with van der Waals surface area (Å²) >= 11 is 0. The molecule has 0 saturated heterocycles. The molecule has 4 heteroatoms. The van der Waals surface area contributed by atoms with Crippen molar-refractivity contribution in [3.63, 3.8) is 0 Å². The van der Waals surface area contributed by atoms with Crippen LogP contribution < -0.4 is 11.5 Å². The summed E-state index contributed by atoms with van der Waals surface area (Å²) in [7, 11) is 0. The van der Waals surface area contributed by atoms with E-state index in [4.69, 9.17) is 10.3 Å². The molecule has 13 heavy (non-hydrogen) atoms. The highest BCUT2D eigenvalue weighted by molar-refractivity contribution is 5.30. The largest absolute Gasteiger partial charge is 0.431 e. The molecule has 0 radical (unpaired) electrons. The molecule has 1 heterocycles. The third-order valence-corrected chi connectivity index (χ3v) is 1.73. The van der Waals surface area contributed by atoms with Crippen molar-refractivity contribution in [2.24, 2.45) is 10.9 Å². The van der Waals surface area contributed by atoms with Crippen LogP contribution in [-0.2, 0) is 0 Å². The van der Waals surface area contributed by atoms with Gasteiger partial charge in [-0.1, -0.05) is 18.2 Å². The van der Waals surface area contributed by atoms with Crippen molar-refractivity contribution < 1.29 is 4.42 Å². The lowest BCUT2D eigenvalue weighted by Gasteiger charge is -1.98. The van der Waals surface area contributed by atoms with Crippen LogP contribution in [-0.4, -0.2) is 4.57 Å². The number of benzene rings is 1. The average molecular weight is 175 g/mol. The normalized spacial score (nSPS) is 11.8. The molecule has 0 unspecified atom stereocenters. The van der Waals surface area contributed by atoms with Gasteiger partial charge in [-0.25, -0.2) is 0 Å². The van der Waals surface area contributed by atoms with Crippen molar-refractivity contribution in [1.82, 2.24) is 4.57 Å². The second-order valence-corrected chi connectivity index (χ2v) is 2.52. The Kier molecular flexibility index (Phi) is 1.88. The second-order valence-electron chi connectivity index (χ2n) is 2.52. The Morgan fingerprint density at radius 1 is 1.23 bits per heavy atom. The van der Waals surface area contributed by atoms with E-state index in [1.807, 2.05) is 30.3 Å². The topological polar surface area (TPSA) is 56.4 Å². The second kappa shape index (κ2) is 3.18. The Bertz CT molecular complexity index is 441. The molecular weight excluding hydrogens is 166 g/mol. The quantitative estimate of drug-likeness (QED) is 0.516. The van der Waals surface area contributed by atoms with Crippen LogP contribution in [0.1, 0.15) is 0 Å². The summed E-state index contributed by atoms with van der Waals surface area (Å²) < 4.78 is 6.80. The molecule has 4 nitrogen and oxygen atoms in total. The van der Waals surface area contributed by atoms with E-state index in [1.54, 1.807) is 17.0 Å². The van der Waals surface area contributed by atoms with E-state index in [9.17, 15) is 0 Å². The zero-order chi connectivity index (χ0) is 9.10. The number of aromatic nitrogens is 1. The van der Waals surface area contributed by atoms with Crippen LogP contribution in [0.5, 0.6) is 0 Å². The fourth-order valence-electron chi connectivity index (χ4n) is 1.15. The highest BCUT2D eigenvalue weighted by atomic mass is 16.3. The van der Waals surface area contributed by atoms with E-state index in [1.165, 1.54) is 0 Å². The monoisotopic (exact) mass is 175 g/mol. The predicted octanol–water partition coefficient (Wildman–Crippen LogP) is 0.845. The lowest BCUT2D eigenvalue weighted by atomic mass is 10.3. The van der Waals surface area contributed by atoms with Gasteiger partial charge in [-0.15, -0.1) is 5.10 Å². The van der Waals surface area contributed by atoms with E-state index in [-0.39, 0.29) is 0 Å². The molecule has 0 fully saturated rings. The Hall–Kier alpha value is -1.97. The van der Waals surface area contributed by atoms with Crippen LogP contribution in [0.4, 0.5) is 0 Å². The van der Waals surface area contributed by atoms with E-state index in [0.29, 0.717) is 5.68 Å². The Labute approximate surface area is 74.9 Å². The van der Waals surface area contributed by atoms with Gasteiger partial charge in [0.1, 0.15) is 6.26 Å². The van der Waals surface area contributed by atoms with Crippen LogP contribution in [0.2, 0.25) is 0 Å². The Morgan fingerprint density at radius 2 is 2.00 bits per heavy atom. The molecule has 1 aromatic carbocycles. The van der Waals surface area contributed by atoms with Crippen LogP contribution in [0.15, 0.2) is 52.3 Å². The van der Waals surface area contributed by atoms with Gasteiger partial charge in [0, 0.05) is 6.20 Å². The summed E-state index contributed by atoms with van der Waals surface area (Å²) in [6.45, 7) is 0. The van der Waals surface area contributed by atoms with Gasteiger partial charge in [-0.3, -0.25) is 4.57 Å². The van der Waals surface area contributed by atoms with Crippen molar-refractivity contribution in [1.29, 1.82) is 0 Å². The Morgan fingerprint density at radius 3 is 2.69 bits per heavy atom. The molecule has 2 N–H and O–H groups in total. The number of nitrogens with two attached hydrogens (primary N) is 1. The maximum Gasteiger partial charge on any atom is 0.322 e. The van der Waals surface area contributed by atoms with Gasteiger partial charge < -0.3 is 10.3 Å². The molecule has 66 valence electrons. The van der Waals surface area contributed by atoms with Crippen molar-refractivity contribution in [3.05, 3.63) is 48.5 Å². The van der Waals surface area contributed by atoms with Crippen LogP contribution in [0.3, 0.4) is 0 Å². The lowest BCUT2D eigenvalue weighted by molar-refractivity contribution is 0.480. The van der Waals surface area contributed by atoms with E-state index < -0.39 is 0 Å². The molecular formula is C9H9N3O. The molecule has 2 rings (SSSR count). The number of rotatable bonds is 1. The minimum absolute atomic E-state index is 0.381. The fraction of sp³-hybridized carbons (Fsp3) is 0. The number of oxazole rings is 1. The summed E-state index contributed by atoms with van der Waals surface area (Å²) in [4.78, 5) is 0. The van der Waals surface area contributed by atoms with Gasteiger partial charge in [0.2, 0.25) is 0 Å². The first kappa shape index (κ1) is 7.67. The van der Waals surface area contributed by atoms with Gasteiger partial charge in [0.25, 0.3) is 0 Å². The SMILES string of the molecule is N/N=c1\occn1-c1ccccc1. The van der Waals surface area contributed by atoms with Crippen LogP contribution >= 0.6 is 0 Å². The summed E-state index contributed by atoms with van der Waals surface area (Å²) in [6, 6.07) is 9.73. The molecule has 1 aromatic heterocycles. The molecule has 0 aliphatic rings. The first-order chi connectivity index (χ1) is 6.42. The Balaban J connectivity index is 2.60. The molecule has 0 spiro atoms. The predicted molar refractivity (Wildman–Crippen MR) is 47.8 cm³/mol. The third-order valence-electron chi connectivity index (χ3n) is 1.73. The van der Waals surface area contributed by atoms with Gasteiger partial charge in [0.05, 0.1) is 5.69 Å². The lowest BCUT2D eigenvalue weighted by Crippen LogP contribution is -2.15. The molecule has 0 aliphatic heterocycles. The molecule has 0 atom stereocenters. The van der Waals surface area contributed by atoms with E-state index >= 15 is 0 Å². The van der Waals surface area contributed by atoms with E-state index in [0.717, 1.165) is 5.69 Å². The zero-order valence-corrected chi connectivity index (χ0v) is 6.92. The minimum atomic E-state index is 0.381. The van der Waals surface area contributed by atoms with Crippen LogP contribution in [0.25, 0.3) is 5.69 Å². The van der Waals surface area contributed by atoms with Crippen molar-refractivity contribution in [2.75, 3.05) is 0 Å². The van der Waals surface area contributed by atoms with Gasteiger partial charge in [0.15, 0.2) is 0 Å². The van der Waals surface area contributed by atoms with Crippen molar-refractivity contribution >= 4 is 0 Å². The summed E-state index contributed by atoms with van der Waals surface area (Å²) in [6.07, 6.45) is 3.31. The van der Waals surface area contributed by atoms with Gasteiger partial charge in [-0.05, 0) is 12.1 Å². The smallest absolute Gasteiger partial charge is 0.322 e.